The number of sulfonamides is 1. The van der Waals surface area contributed by atoms with Gasteiger partial charge < -0.3 is 4.90 Å². The zero-order valence-corrected chi connectivity index (χ0v) is 15.2. The van der Waals surface area contributed by atoms with Crippen molar-refractivity contribution in [3.63, 3.8) is 0 Å². The first-order valence-corrected chi connectivity index (χ1v) is 10.4. The molecule has 130 valence electrons. The molecule has 6 heteroatoms. The zero-order valence-electron chi connectivity index (χ0n) is 14.4. The van der Waals surface area contributed by atoms with Crippen molar-refractivity contribution in [2.75, 3.05) is 26.4 Å². The van der Waals surface area contributed by atoms with E-state index in [2.05, 4.69) is 6.92 Å². The molecule has 1 fully saturated rings. The van der Waals surface area contributed by atoms with Crippen LogP contribution in [-0.2, 0) is 14.8 Å². The Labute approximate surface area is 136 Å². The molecule has 0 spiro atoms. The highest BCUT2D eigenvalue weighted by molar-refractivity contribution is 7.88. The van der Waals surface area contributed by atoms with Gasteiger partial charge >= 0.3 is 0 Å². The maximum atomic E-state index is 12.2. The number of carbonyl (C=O) groups excluding carboxylic acids is 1. The molecule has 1 amide bonds. The smallest absolute Gasteiger partial charge is 0.240 e. The minimum absolute atomic E-state index is 0.0559. The second-order valence-electron chi connectivity index (χ2n) is 6.41. The monoisotopic (exact) mass is 332 g/mol. The van der Waals surface area contributed by atoms with Crippen molar-refractivity contribution in [2.24, 2.45) is 0 Å². The van der Waals surface area contributed by atoms with Gasteiger partial charge in [-0.2, -0.15) is 4.31 Å². The Hall–Kier alpha value is -0.620. The van der Waals surface area contributed by atoms with Gasteiger partial charge in [-0.1, -0.05) is 58.3 Å². The molecule has 0 bridgehead atoms. The Kier molecular flexibility index (Phi) is 8.39. The molecule has 0 aromatic carbocycles. The summed E-state index contributed by atoms with van der Waals surface area (Å²) in [5.74, 6) is -0.0559. The van der Waals surface area contributed by atoms with Gasteiger partial charge in [0, 0.05) is 20.1 Å². The standard InChI is InChI=1S/C16H32N2O3S/c1-4-5-6-7-8-9-10-11-12-15-16(19)17(2)13-14-18(15)22(3,20)21/h15H,4-14H2,1-3H3. The Balaban J connectivity index is 2.35. The Morgan fingerprint density at radius 1 is 1.00 bits per heavy atom. The molecule has 0 aromatic heterocycles. The van der Waals surface area contributed by atoms with Crippen molar-refractivity contribution < 1.29 is 13.2 Å². The molecule has 5 nitrogen and oxygen atoms in total. The summed E-state index contributed by atoms with van der Waals surface area (Å²) in [5.41, 5.74) is 0. The molecule has 0 saturated carbocycles. The highest BCUT2D eigenvalue weighted by atomic mass is 32.2. The summed E-state index contributed by atoms with van der Waals surface area (Å²) in [6.45, 7) is 3.12. The van der Waals surface area contributed by atoms with E-state index in [1.54, 1.807) is 11.9 Å². The number of unbranched alkanes of at least 4 members (excludes halogenated alkanes) is 7. The Morgan fingerprint density at radius 2 is 1.55 bits per heavy atom. The van der Waals surface area contributed by atoms with Crippen LogP contribution in [0, 0.1) is 0 Å². The third-order valence-corrected chi connectivity index (χ3v) is 5.71. The Morgan fingerprint density at radius 3 is 2.09 bits per heavy atom. The van der Waals surface area contributed by atoms with Crippen molar-refractivity contribution in [2.45, 2.75) is 70.8 Å². The van der Waals surface area contributed by atoms with Gasteiger partial charge in [-0.05, 0) is 6.42 Å². The van der Waals surface area contributed by atoms with Crippen molar-refractivity contribution >= 4 is 15.9 Å². The number of hydrogen-bond donors (Lipinski definition) is 0. The van der Waals surface area contributed by atoms with E-state index in [4.69, 9.17) is 0 Å². The quantitative estimate of drug-likeness (QED) is 0.578. The summed E-state index contributed by atoms with van der Waals surface area (Å²) < 4.78 is 25.1. The van der Waals surface area contributed by atoms with E-state index in [0.717, 1.165) is 12.8 Å². The lowest BCUT2D eigenvalue weighted by Crippen LogP contribution is -2.57. The van der Waals surface area contributed by atoms with Crippen molar-refractivity contribution in [3.8, 4) is 0 Å². The highest BCUT2D eigenvalue weighted by Crippen LogP contribution is 2.20. The van der Waals surface area contributed by atoms with Crippen molar-refractivity contribution in [3.05, 3.63) is 0 Å². The zero-order chi connectivity index (χ0) is 16.6. The van der Waals surface area contributed by atoms with E-state index < -0.39 is 16.1 Å². The van der Waals surface area contributed by atoms with E-state index in [1.807, 2.05) is 0 Å². The Bertz CT molecular complexity index is 437. The van der Waals surface area contributed by atoms with Gasteiger partial charge in [0.15, 0.2) is 0 Å². The summed E-state index contributed by atoms with van der Waals surface area (Å²) in [6.07, 6.45) is 11.4. The second kappa shape index (κ2) is 9.50. The van der Waals surface area contributed by atoms with Gasteiger partial charge in [0.1, 0.15) is 6.04 Å². The van der Waals surface area contributed by atoms with Crippen molar-refractivity contribution in [1.82, 2.24) is 9.21 Å². The molecule has 1 aliphatic rings. The van der Waals surface area contributed by atoms with Crippen LogP contribution in [0.25, 0.3) is 0 Å². The van der Waals surface area contributed by atoms with E-state index in [1.165, 1.54) is 49.1 Å². The number of rotatable bonds is 10. The molecular weight excluding hydrogens is 300 g/mol. The summed E-state index contributed by atoms with van der Waals surface area (Å²) in [7, 11) is -1.55. The first-order chi connectivity index (χ1) is 10.4. The third-order valence-electron chi connectivity index (χ3n) is 4.42. The lowest BCUT2D eigenvalue weighted by atomic mass is 10.0. The average molecular weight is 333 g/mol. The topological polar surface area (TPSA) is 57.7 Å². The molecule has 1 rings (SSSR count). The van der Waals surface area contributed by atoms with Crippen LogP contribution in [0.15, 0.2) is 0 Å². The van der Waals surface area contributed by atoms with Gasteiger partial charge in [0.25, 0.3) is 0 Å². The summed E-state index contributed by atoms with van der Waals surface area (Å²) in [5, 5.41) is 0. The highest BCUT2D eigenvalue weighted by Gasteiger charge is 2.37. The average Bonchev–Trinajstić information content (AvgIpc) is 2.44. The minimum atomic E-state index is -3.30. The molecule has 0 N–H and O–H groups in total. The fourth-order valence-electron chi connectivity index (χ4n) is 3.03. The predicted molar refractivity (Wildman–Crippen MR) is 90.2 cm³/mol. The molecular formula is C16H32N2O3S. The largest absolute Gasteiger partial charge is 0.343 e. The third kappa shape index (κ3) is 6.24. The fourth-order valence-corrected chi connectivity index (χ4v) is 4.10. The second-order valence-corrected chi connectivity index (χ2v) is 8.35. The van der Waals surface area contributed by atoms with Gasteiger partial charge in [-0.15, -0.1) is 0 Å². The lowest BCUT2D eigenvalue weighted by molar-refractivity contribution is -0.137. The van der Waals surface area contributed by atoms with E-state index in [-0.39, 0.29) is 5.91 Å². The van der Waals surface area contributed by atoms with Crippen LogP contribution < -0.4 is 0 Å². The van der Waals surface area contributed by atoms with Gasteiger partial charge in [-0.25, -0.2) is 8.42 Å². The molecule has 22 heavy (non-hydrogen) atoms. The van der Waals surface area contributed by atoms with Crippen LogP contribution in [0.1, 0.15) is 64.7 Å². The first kappa shape index (κ1) is 19.4. The number of piperazine rings is 1. The lowest BCUT2D eigenvalue weighted by Gasteiger charge is -2.37. The normalized spacial score (nSPS) is 20.6. The van der Waals surface area contributed by atoms with E-state index >= 15 is 0 Å². The van der Waals surface area contributed by atoms with Crippen LogP contribution in [0.2, 0.25) is 0 Å². The van der Waals surface area contributed by atoms with Crippen LogP contribution in [0.5, 0.6) is 0 Å². The molecule has 1 heterocycles. The SMILES string of the molecule is CCCCCCCCCCC1C(=O)N(C)CCN1S(C)(=O)=O. The number of likely N-dealkylation sites (N-methyl/N-ethyl adjacent to an activating group) is 1. The summed E-state index contributed by atoms with van der Waals surface area (Å²) in [6, 6.07) is -0.492. The first-order valence-electron chi connectivity index (χ1n) is 8.59. The van der Waals surface area contributed by atoms with E-state index in [0.29, 0.717) is 19.5 Å². The molecule has 0 radical (unpaired) electrons. The van der Waals surface area contributed by atoms with Crippen LogP contribution in [0.3, 0.4) is 0 Å². The molecule has 1 saturated heterocycles. The maximum absolute atomic E-state index is 12.2. The van der Waals surface area contributed by atoms with Crippen LogP contribution in [-0.4, -0.2) is 56.0 Å². The maximum Gasteiger partial charge on any atom is 0.240 e. The number of carbonyl (C=O) groups is 1. The van der Waals surface area contributed by atoms with Crippen LogP contribution in [0.4, 0.5) is 0 Å². The minimum Gasteiger partial charge on any atom is -0.343 e. The molecule has 1 aliphatic heterocycles. The van der Waals surface area contributed by atoms with Crippen molar-refractivity contribution in [1.29, 1.82) is 0 Å². The molecule has 1 atom stereocenters. The van der Waals surface area contributed by atoms with Crippen LogP contribution >= 0.6 is 0 Å². The van der Waals surface area contributed by atoms with E-state index in [9.17, 15) is 13.2 Å². The predicted octanol–water partition coefficient (Wildman–Crippen LogP) is 2.62. The fraction of sp³-hybridized carbons (Fsp3) is 0.938. The molecule has 1 unspecified atom stereocenters. The summed E-state index contributed by atoms with van der Waals surface area (Å²) >= 11 is 0. The van der Waals surface area contributed by atoms with Gasteiger partial charge in [0.2, 0.25) is 15.9 Å². The number of nitrogens with zero attached hydrogens (tertiary/aromatic N) is 2. The molecule has 0 aliphatic carbocycles. The van der Waals surface area contributed by atoms with Gasteiger partial charge in [0.05, 0.1) is 6.26 Å². The molecule has 0 aromatic rings. The van der Waals surface area contributed by atoms with Gasteiger partial charge in [-0.3, -0.25) is 4.79 Å². The number of hydrogen-bond acceptors (Lipinski definition) is 3. The number of amides is 1. The summed E-state index contributed by atoms with van der Waals surface area (Å²) in [4.78, 5) is 13.9.